The lowest BCUT2D eigenvalue weighted by atomic mass is 9.79. The van der Waals surface area contributed by atoms with E-state index in [0.717, 1.165) is 12.0 Å². The Labute approximate surface area is 88.7 Å². The zero-order chi connectivity index (χ0) is 10.9. The Morgan fingerprint density at radius 1 is 1.47 bits per heavy atom. The zero-order valence-electron chi connectivity index (χ0n) is 8.69. The van der Waals surface area contributed by atoms with Crippen molar-refractivity contribution < 1.29 is 14.6 Å². The van der Waals surface area contributed by atoms with Gasteiger partial charge in [-0.2, -0.15) is 0 Å². The molecule has 0 aliphatic carbocycles. The highest BCUT2D eigenvalue weighted by Gasteiger charge is 2.34. The smallest absolute Gasteiger partial charge is 0.335 e. The molecule has 80 valence electrons. The van der Waals surface area contributed by atoms with Gasteiger partial charge in [-0.25, -0.2) is 4.79 Å². The fraction of sp³-hybridized carbons (Fsp3) is 0.417. The Hall–Kier alpha value is -1.35. The first-order valence-corrected chi connectivity index (χ1v) is 5.04. The molecule has 1 aromatic rings. The molecule has 1 aromatic carbocycles. The number of aromatic carboxylic acids is 1. The van der Waals surface area contributed by atoms with Crippen LogP contribution < -0.4 is 0 Å². The van der Waals surface area contributed by atoms with Gasteiger partial charge in [0.25, 0.3) is 0 Å². The Balaban J connectivity index is 2.47. The minimum absolute atomic E-state index is 0.144. The second-order valence-corrected chi connectivity index (χ2v) is 4.21. The van der Waals surface area contributed by atoms with Crippen molar-refractivity contribution in [2.75, 3.05) is 13.2 Å². The van der Waals surface area contributed by atoms with E-state index in [1.807, 2.05) is 12.1 Å². The molecule has 1 saturated heterocycles. The minimum Gasteiger partial charge on any atom is -0.478 e. The van der Waals surface area contributed by atoms with Crippen LogP contribution in [0.25, 0.3) is 0 Å². The summed E-state index contributed by atoms with van der Waals surface area (Å²) >= 11 is 0. The summed E-state index contributed by atoms with van der Waals surface area (Å²) in [4.78, 5) is 11.1. The second-order valence-electron chi connectivity index (χ2n) is 4.21. The summed E-state index contributed by atoms with van der Waals surface area (Å²) < 4.78 is 5.36. The second kappa shape index (κ2) is 3.66. The molecule has 0 spiro atoms. The van der Waals surface area contributed by atoms with E-state index in [1.54, 1.807) is 12.1 Å². The van der Waals surface area contributed by atoms with Crippen molar-refractivity contribution in [3.63, 3.8) is 0 Å². The van der Waals surface area contributed by atoms with Crippen molar-refractivity contribution in [2.45, 2.75) is 18.8 Å². The van der Waals surface area contributed by atoms with Gasteiger partial charge in [0.1, 0.15) is 0 Å². The predicted molar refractivity (Wildman–Crippen MR) is 56.2 cm³/mol. The number of carboxylic acid groups (broad SMARTS) is 1. The van der Waals surface area contributed by atoms with E-state index in [1.165, 1.54) is 0 Å². The lowest BCUT2D eigenvalue weighted by molar-refractivity contribution is 0.0693. The van der Waals surface area contributed by atoms with E-state index in [-0.39, 0.29) is 5.41 Å². The van der Waals surface area contributed by atoms with E-state index in [9.17, 15) is 4.79 Å². The van der Waals surface area contributed by atoms with Crippen LogP contribution in [0, 0.1) is 0 Å². The number of carboxylic acids is 1. The van der Waals surface area contributed by atoms with Gasteiger partial charge in [0.05, 0.1) is 12.2 Å². The normalized spacial score (nSPS) is 25.4. The molecule has 1 aliphatic rings. The molecule has 3 nitrogen and oxygen atoms in total. The lowest BCUT2D eigenvalue weighted by Gasteiger charge is -2.23. The number of rotatable bonds is 2. The minimum atomic E-state index is -0.862. The van der Waals surface area contributed by atoms with Crippen molar-refractivity contribution in [3.05, 3.63) is 35.4 Å². The average Bonchev–Trinajstić information content (AvgIpc) is 2.66. The third kappa shape index (κ3) is 1.75. The fourth-order valence-electron chi connectivity index (χ4n) is 2.08. The third-order valence-corrected chi connectivity index (χ3v) is 3.03. The molecule has 0 bridgehead atoms. The Kier molecular flexibility index (Phi) is 2.49. The van der Waals surface area contributed by atoms with Crippen molar-refractivity contribution in [1.29, 1.82) is 0 Å². The maximum atomic E-state index is 11.1. The van der Waals surface area contributed by atoms with Gasteiger partial charge in [-0.3, -0.25) is 0 Å². The van der Waals surface area contributed by atoms with E-state index >= 15 is 0 Å². The van der Waals surface area contributed by atoms with Gasteiger partial charge < -0.3 is 9.84 Å². The monoisotopic (exact) mass is 206 g/mol. The molecular weight excluding hydrogens is 192 g/mol. The topological polar surface area (TPSA) is 46.5 Å². The van der Waals surface area contributed by atoms with E-state index in [4.69, 9.17) is 9.84 Å². The van der Waals surface area contributed by atoms with E-state index < -0.39 is 5.97 Å². The summed E-state index contributed by atoms with van der Waals surface area (Å²) in [6, 6.07) is 7.18. The van der Waals surface area contributed by atoms with Crippen molar-refractivity contribution in [2.24, 2.45) is 0 Å². The van der Waals surface area contributed by atoms with E-state index in [2.05, 4.69) is 6.92 Å². The molecule has 15 heavy (non-hydrogen) atoms. The van der Waals surface area contributed by atoms with Crippen LogP contribution >= 0.6 is 0 Å². The molecule has 0 saturated carbocycles. The third-order valence-electron chi connectivity index (χ3n) is 3.03. The highest BCUT2D eigenvalue weighted by Crippen LogP contribution is 2.34. The van der Waals surface area contributed by atoms with Gasteiger partial charge in [-0.1, -0.05) is 25.1 Å². The molecule has 0 radical (unpaired) electrons. The SMILES string of the molecule is CC1(c2ccccc2C(=O)O)CCOC1. The van der Waals surface area contributed by atoms with Crippen LogP contribution in [0.2, 0.25) is 0 Å². The van der Waals surface area contributed by atoms with E-state index in [0.29, 0.717) is 18.8 Å². The molecule has 1 atom stereocenters. The van der Waals surface area contributed by atoms with Gasteiger partial charge in [0.15, 0.2) is 0 Å². The van der Waals surface area contributed by atoms with Crippen LogP contribution in [0.1, 0.15) is 29.3 Å². The number of carbonyl (C=O) groups is 1. The molecule has 0 amide bonds. The molecule has 1 N–H and O–H groups in total. The molecule has 1 fully saturated rings. The van der Waals surface area contributed by atoms with Crippen LogP contribution in [-0.4, -0.2) is 24.3 Å². The molecule has 3 heteroatoms. The van der Waals surface area contributed by atoms with Crippen LogP contribution in [0.4, 0.5) is 0 Å². The first-order chi connectivity index (χ1) is 7.13. The summed E-state index contributed by atoms with van der Waals surface area (Å²) in [6.45, 7) is 3.38. The van der Waals surface area contributed by atoms with Gasteiger partial charge in [0, 0.05) is 12.0 Å². The summed E-state index contributed by atoms with van der Waals surface area (Å²) in [7, 11) is 0. The fourth-order valence-corrected chi connectivity index (χ4v) is 2.08. The largest absolute Gasteiger partial charge is 0.478 e. The molecule has 1 heterocycles. The van der Waals surface area contributed by atoms with Crippen molar-refractivity contribution in [1.82, 2.24) is 0 Å². The van der Waals surface area contributed by atoms with Gasteiger partial charge in [0.2, 0.25) is 0 Å². The number of hydrogen-bond acceptors (Lipinski definition) is 2. The first-order valence-electron chi connectivity index (χ1n) is 5.04. The number of hydrogen-bond donors (Lipinski definition) is 1. The Bertz CT molecular complexity index is 378. The van der Waals surface area contributed by atoms with Crippen LogP contribution in [0.5, 0.6) is 0 Å². The van der Waals surface area contributed by atoms with Gasteiger partial charge >= 0.3 is 5.97 Å². The molecule has 2 rings (SSSR count). The summed E-state index contributed by atoms with van der Waals surface area (Å²) in [6.07, 6.45) is 0.886. The average molecular weight is 206 g/mol. The standard InChI is InChI=1S/C12H14O3/c1-12(6-7-15-8-12)10-5-3-2-4-9(10)11(13)14/h2-5H,6-8H2,1H3,(H,13,14). The zero-order valence-corrected chi connectivity index (χ0v) is 8.69. The number of ether oxygens (including phenoxy) is 1. The van der Waals surface area contributed by atoms with Crippen LogP contribution in [-0.2, 0) is 10.2 Å². The Morgan fingerprint density at radius 3 is 2.80 bits per heavy atom. The molecular formula is C12H14O3. The van der Waals surface area contributed by atoms with Gasteiger partial charge in [-0.15, -0.1) is 0 Å². The highest BCUT2D eigenvalue weighted by molar-refractivity contribution is 5.89. The number of benzene rings is 1. The summed E-state index contributed by atoms with van der Waals surface area (Å²) in [5, 5.41) is 9.10. The van der Waals surface area contributed by atoms with Crippen LogP contribution in [0.3, 0.4) is 0 Å². The highest BCUT2D eigenvalue weighted by atomic mass is 16.5. The molecule has 1 unspecified atom stereocenters. The summed E-state index contributed by atoms with van der Waals surface area (Å²) in [5.74, 6) is -0.862. The van der Waals surface area contributed by atoms with Crippen molar-refractivity contribution in [3.8, 4) is 0 Å². The summed E-state index contributed by atoms with van der Waals surface area (Å²) in [5.41, 5.74) is 1.13. The maximum Gasteiger partial charge on any atom is 0.335 e. The predicted octanol–water partition coefficient (Wildman–Crippen LogP) is 2.06. The Morgan fingerprint density at radius 2 is 2.20 bits per heavy atom. The maximum absolute atomic E-state index is 11.1. The van der Waals surface area contributed by atoms with Crippen LogP contribution in [0.15, 0.2) is 24.3 Å². The first kappa shape index (κ1) is 10.2. The van der Waals surface area contributed by atoms with Crippen molar-refractivity contribution >= 4 is 5.97 Å². The molecule has 1 aliphatic heterocycles. The quantitative estimate of drug-likeness (QED) is 0.805. The lowest BCUT2D eigenvalue weighted by Crippen LogP contribution is -2.24. The van der Waals surface area contributed by atoms with Gasteiger partial charge in [-0.05, 0) is 18.1 Å². The molecule has 0 aromatic heterocycles.